The highest BCUT2D eigenvalue weighted by atomic mass is 127. The normalized spacial score (nSPS) is 12.3. The summed E-state index contributed by atoms with van der Waals surface area (Å²) in [6.45, 7) is 5.90. The zero-order valence-electron chi connectivity index (χ0n) is 13.8. The zero-order valence-corrected chi connectivity index (χ0v) is 16.9. The maximum atomic E-state index is 4.65. The summed E-state index contributed by atoms with van der Waals surface area (Å²) in [4.78, 5) is 4.65. The molecular formula is C18H26IN3S. The average molecular weight is 443 g/mol. The standard InChI is InChI=1S/C18H25N3S.HI/c1-3-19-18(20-13-17-11-12-22-14-17)21-15(2)9-10-16-7-5-4-6-8-16;/h4-8,11-12,14-15H,3,9-10,13H2,1-2H3,(H2,19,20,21);1H. The number of rotatable bonds is 7. The molecule has 1 heterocycles. The number of aryl methyl sites for hydroxylation is 1. The average Bonchev–Trinajstić information content (AvgIpc) is 3.05. The number of halogens is 1. The molecule has 0 aliphatic heterocycles. The lowest BCUT2D eigenvalue weighted by atomic mass is 10.1. The molecule has 2 rings (SSSR count). The van der Waals surface area contributed by atoms with Crippen LogP contribution in [0.2, 0.25) is 0 Å². The molecule has 0 saturated heterocycles. The van der Waals surface area contributed by atoms with E-state index < -0.39 is 0 Å². The van der Waals surface area contributed by atoms with Crippen molar-refractivity contribution in [2.24, 2.45) is 4.99 Å². The van der Waals surface area contributed by atoms with Gasteiger partial charge < -0.3 is 10.6 Å². The van der Waals surface area contributed by atoms with Crippen LogP contribution in [0, 0.1) is 0 Å². The van der Waals surface area contributed by atoms with Crippen LogP contribution in [0.1, 0.15) is 31.4 Å². The van der Waals surface area contributed by atoms with Gasteiger partial charge in [-0.2, -0.15) is 11.3 Å². The van der Waals surface area contributed by atoms with Gasteiger partial charge in [-0.3, -0.25) is 0 Å². The lowest BCUT2D eigenvalue weighted by Crippen LogP contribution is -2.42. The third kappa shape index (κ3) is 7.83. The van der Waals surface area contributed by atoms with Crippen molar-refractivity contribution in [1.82, 2.24) is 10.6 Å². The molecule has 1 aromatic carbocycles. The molecule has 126 valence electrons. The summed E-state index contributed by atoms with van der Waals surface area (Å²) in [6.07, 6.45) is 2.17. The fourth-order valence-corrected chi connectivity index (χ4v) is 2.87. The first-order chi connectivity index (χ1) is 10.8. The molecular weight excluding hydrogens is 417 g/mol. The van der Waals surface area contributed by atoms with Crippen molar-refractivity contribution in [2.45, 2.75) is 39.3 Å². The van der Waals surface area contributed by atoms with E-state index in [4.69, 9.17) is 0 Å². The SMILES string of the molecule is CCNC(=NCc1ccsc1)NC(C)CCc1ccccc1.I. The molecule has 0 bridgehead atoms. The summed E-state index contributed by atoms with van der Waals surface area (Å²) < 4.78 is 0. The van der Waals surface area contributed by atoms with Gasteiger partial charge in [0, 0.05) is 12.6 Å². The van der Waals surface area contributed by atoms with Gasteiger partial charge in [-0.25, -0.2) is 4.99 Å². The molecule has 0 amide bonds. The Balaban J connectivity index is 0.00000264. The van der Waals surface area contributed by atoms with Gasteiger partial charge in [-0.1, -0.05) is 30.3 Å². The van der Waals surface area contributed by atoms with Gasteiger partial charge in [0.2, 0.25) is 0 Å². The maximum Gasteiger partial charge on any atom is 0.191 e. The van der Waals surface area contributed by atoms with Crippen LogP contribution in [-0.2, 0) is 13.0 Å². The highest BCUT2D eigenvalue weighted by Gasteiger charge is 2.05. The third-order valence-corrected chi connectivity index (χ3v) is 4.17. The van der Waals surface area contributed by atoms with Crippen LogP contribution in [0.3, 0.4) is 0 Å². The predicted molar refractivity (Wildman–Crippen MR) is 112 cm³/mol. The first-order valence-corrected chi connectivity index (χ1v) is 8.82. The van der Waals surface area contributed by atoms with Crippen molar-refractivity contribution in [3.8, 4) is 0 Å². The Morgan fingerprint density at radius 2 is 1.96 bits per heavy atom. The van der Waals surface area contributed by atoms with E-state index >= 15 is 0 Å². The van der Waals surface area contributed by atoms with E-state index in [2.05, 4.69) is 76.6 Å². The van der Waals surface area contributed by atoms with E-state index in [0.717, 1.165) is 31.9 Å². The quantitative estimate of drug-likeness (QED) is 0.377. The molecule has 1 unspecified atom stereocenters. The molecule has 1 aromatic heterocycles. The minimum absolute atomic E-state index is 0. The first kappa shape index (κ1) is 20.0. The van der Waals surface area contributed by atoms with Gasteiger partial charge in [0.05, 0.1) is 6.54 Å². The van der Waals surface area contributed by atoms with Crippen LogP contribution < -0.4 is 10.6 Å². The fourth-order valence-electron chi connectivity index (χ4n) is 2.21. The lowest BCUT2D eigenvalue weighted by molar-refractivity contribution is 0.593. The minimum atomic E-state index is 0. The molecule has 0 aliphatic carbocycles. The molecule has 3 nitrogen and oxygen atoms in total. The predicted octanol–water partition coefficient (Wildman–Crippen LogP) is 4.44. The number of hydrogen-bond donors (Lipinski definition) is 2. The van der Waals surface area contributed by atoms with Crippen molar-refractivity contribution in [1.29, 1.82) is 0 Å². The van der Waals surface area contributed by atoms with Crippen LogP contribution in [0.5, 0.6) is 0 Å². The Bertz CT molecular complexity index is 555. The number of thiophene rings is 1. The molecule has 0 radical (unpaired) electrons. The third-order valence-electron chi connectivity index (χ3n) is 3.44. The largest absolute Gasteiger partial charge is 0.357 e. The highest BCUT2D eigenvalue weighted by molar-refractivity contribution is 14.0. The van der Waals surface area contributed by atoms with Crippen LogP contribution in [0.15, 0.2) is 52.2 Å². The number of nitrogens with one attached hydrogen (secondary N) is 2. The van der Waals surface area contributed by atoms with Crippen LogP contribution >= 0.6 is 35.3 Å². The highest BCUT2D eigenvalue weighted by Crippen LogP contribution is 2.07. The monoisotopic (exact) mass is 443 g/mol. The van der Waals surface area contributed by atoms with E-state index in [1.807, 2.05) is 0 Å². The van der Waals surface area contributed by atoms with Gasteiger partial charge >= 0.3 is 0 Å². The lowest BCUT2D eigenvalue weighted by Gasteiger charge is -2.17. The topological polar surface area (TPSA) is 36.4 Å². The van der Waals surface area contributed by atoms with Gasteiger partial charge in [0.25, 0.3) is 0 Å². The summed E-state index contributed by atoms with van der Waals surface area (Å²) in [6, 6.07) is 13.1. The molecule has 2 N–H and O–H groups in total. The number of hydrogen-bond acceptors (Lipinski definition) is 2. The summed E-state index contributed by atoms with van der Waals surface area (Å²) in [5, 5.41) is 11.0. The zero-order chi connectivity index (χ0) is 15.6. The maximum absolute atomic E-state index is 4.65. The second-order valence-corrected chi connectivity index (χ2v) is 6.18. The van der Waals surface area contributed by atoms with Crippen LogP contribution in [0.25, 0.3) is 0 Å². The fraction of sp³-hybridized carbons (Fsp3) is 0.389. The van der Waals surface area contributed by atoms with E-state index in [1.165, 1.54) is 11.1 Å². The number of aliphatic imine (C=N–C) groups is 1. The molecule has 1 atom stereocenters. The van der Waals surface area contributed by atoms with Crippen molar-refractivity contribution >= 4 is 41.3 Å². The van der Waals surface area contributed by atoms with Crippen molar-refractivity contribution in [3.63, 3.8) is 0 Å². The van der Waals surface area contributed by atoms with Gasteiger partial charge in [-0.05, 0) is 54.6 Å². The number of nitrogens with zero attached hydrogens (tertiary/aromatic N) is 1. The number of benzene rings is 1. The Labute approximate surface area is 160 Å². The molecule has 23 heavy (non-hydrogen) atoms. The summed E-state index contributed by atoms with van der Waals surface area (Å²) >= 11 is 1.71. The second-order valence-electron chi connectivity index (χ2n) is 5.40. The smallest absolute Gasteiger partial charge is 0.191 e. The van der Waals surface area contributed by atoms with Crippen LogP contribution in [0.4, 0.5) is 0 Å². The van der Waals surface area contributed by atoms with Gasteiger partial charge in [0.1, 0.15) is 0 Å². The Morgan fingerprint density at radius 1 is 1.17 bits per heavy atom. The first-order valence-electron chi connectivity index (χ1n) is 7.87. The van der Waals surface area contributed by atoms with E-state index in [0.29, 0.717) is 6.04 Å². The van der Waals surface area contributed by atoms with Crippen LogP contribution in [-0.4, -0.2) is 18.5 Å². The molecule has 0 fully saturated rings. The summed E-state index contributed by atoms with van der Waals surface area (Å²) in [5.74, 6) is 0.897. The minimum Gasteiger partial charge on any atom is -0.357 e. The van der Waals surface area contributed by atoms with Crippen molar-refractivity contribution in [2.75, 3.05) is 6.54 Å². The molecule has 0 saturated carbocycles. The van der Waals surface area contributed by atoms with Gasteiger partial charge in [-0.15, -0.1) is 24.0 Å². The van der Waals surface area contributed by atoms with Crippen molar-refractivity contribution in [3.05, 3.63) is 58.3 Å². The Hall–Kier alpha value is -1.08. The summed E-state index contributed by atoms with van der Waals surface area (Å²) in [5.41, 5.74) is 2.65. The van der Waals surface area contributed by atoms with E-state index in [1.54, 1.807) is 11.3 Å². The van der Waals surface area contributed by atoms with Gasteiger partial charge in [0.15, 0.2) is 5.96 Å². The molecule has 0 spiro atoms. The van der Waals surface area contributed by atoms with Crippen molar-refractivity contribution < 1.29 is 0 Å². The Kier molecular flexibility index (Phi) is 9.94. The molecule has 0 aliphatic rings. The molecule has 5 heteroatoms. The summed E-state index contributed by atoms with van der Waals surface area (Å²) in [7, 11) is 0. The molecule has 2 aromatic rings. The van der Waals surface area contributed by atoms with E-state index in [9.17, 15) is 0 Å². The Morgan fingerprint density at radius 3 is 2.61 bits per heavy atom. The van der Waals surface area contributed by atoms with E-state index in [-0.39, 0.29) is 24.0 Å². The second kappa shape index (κ2) is 11.5. The number of guanidine groups is 1.